The summed E-state index contributed by atoms with van der Waals surface area (Å²) >= 11 is 0. The Morgan fingerprint density at radius 3 is 2.68 bits per heavy atom. The van der Waals surface area contributed by atoms with Crippen molar-refractivity contribution in [3.8, 4) is 0 Å². The van der Waals surface area contributed by atoms with Crippen molar-refractivity contribution in [3.63, 3.8) is 0 Å². The first-order chi connectivity index (χ1) is 12.0. The lowest BCUT2D eigenvalue weighted by Gasteiger charge is -2.20. The Bertz CT molecular complexity index is 1160. The van der Waals surface area contributed by atoms with E-state index >= 15 is 0 Å². The van der Waals surface area contributed by atoms with E-state index in [1.54, 1.807) is 30.3 Å². The fraction of sp³-hybridized carbons (Fsp3) is 0.105. The van der Waals surface area contributed by atoms with Gasteiger partial charge < -0.3 is 4.98 Å². The lowest BCUT2D eigenvalue weighted by atomic mass is 10.1. The van der Waals surface area contributed by atoms with Crippen molar-refractivity contribution in [3.05, 3.63) is 76.7 Å². The van der Waals surface area contributed by atoms with Crippen molar-refractivity contribution in [1.82, 2.24) is 4.98 Å². The van der Waals surface area contributed by atoms with Crippen LogP contribution in [0.4, 0.5) is 5.69 Å². The van der Waals surface area contributed by atoms with Gasteiger partial charge in [-0.15, -0.1) is 0 Å². The van der Waals surface area contributed by atoms with Crippen molar-refractivity contribution in [2.75, 3.05) is 10.8 Å². The van der Waals surface area contributed by atoms with E-state index in [2.05, 4.69) is 11.6 Å². The average molecular weight is 352 g/mol. The second-order valence-electron chi connectivity index (χ2n) is 5.90. The molecule has 25 heavy (non-hydrogen) atoms. The molecular weight excluding hydrogens is 336 g/mol. The van der Waals surface area contributed by atoms with Crippen LogP contribution in [-0.4, -0.2) is 19.9 Å². The van der Waals surface area contributed by atoms with Crippen molar-refractivity contribution < 1.29 is 8.42 Å². The summed E-state index contributed by atoms with van der Waals surface area (Å²) in [5.41, 5.74) is 2.31. The first-order valence-corrected chi connectivity index (χ1v) is 9.35. The topological polar surface area (TPSA) is 70.2 Å². The summed E-state index contributed by atoms with van der Waals surface area (Å²) < 4.78 is 28.0. The van der Waals surface area contributed by atoms with E-state index in [1.807, 2.05) is 18.2 Å². The van der Waals surface area contributed by atoms with Gasteiger partial charge in [0.15, 0.2) is 0 Å². The van der Waals surface area contributed by atoms with Gasteiger partial charge in [-0.2, -0.15) is 0 Å². The van der Waals surface area contributed by atoms with Crippen LogP contribution in [-0.2, 0) is 16.4 Å². The van der Waals surface area contributed by atoms with E-state index in [4.69, 9.17) is 0 Å². The van der Waals surface area contributed by atoms with Crippen LogP contribution in [0, 0.1) is 0 Å². The third-order valence-corrected chi connectivity index (χ3v) is 6.46. The largest absolute Gasteiger partial charge is 0.329 e. The van der Waals surface area contributed by atoms with Crippen LogP contribution in [0.1, 0.15) is 11.1 Å². The molecule has 126 valence electrons. The Hall–Kier alpha value is -2.86. The zero-order valence-corrected chi connectivity index (χ0v) is 14.2. The monoisotopic (exact) mass is 352 g/mol. The van der Waals surface area contributed by atoms with Crippen LogP contribution < -0.4 is 9.86 Å². The van der Waals surface area contributed by atoms with Crippen LogP contribution in [0.3, 0.4) is 0 Å². The maximum Gasteiger partial charge on any atom is 0.264 e. The molecule has 1 aromatic heterocycles. The summed E-state index contributed by atoms with van der Waals surface area (Å²) in [6, 6.07) is 12.0. The molecule has 0 atom stereocenters. The SMILES string of the molecule is C=Cc1cccc2c1CCN2S(=O)(=O)c1cccc2c(=O)[nH]ccc12. The highest BCUT2D eigenvalue weighted by Crippen LogP contribution is 2.36. The number of benzene rings is 2. The first kappa shape index (κ1) is 15.7. The molecule has 3 aromatic rings. The summed E-state index contributed by atoms with van der Waals surface area (Å²) in [7, 11) is -3.77. The molecule has 1 N–H and O–H groups in total. The van der Waals surface area contributed by atoms with Crippen LogP contribution in [0.25, 0.3) is 16.8 Å². The van der Waals surface area contributed by atoms with Crippen molar-refractivity contribution in [2.45, 2.75) is 11.3 Å². The molecule has 4 rings (SSSR count). The van der Waals surface area contributed by atoms with Crippen LogP contribution in [0.15, 0.2) is 64.9 Å². The molecule has 6 heteroatoms. The lowest BCUT2D eigenvalue weighted by molar-refractivity contribution is 0.593. The number of aromatic nitrogens is 1. The number of sulfonamides is 1. The standard InChI is InChI=1S/C19H16N2O3S/c1-2-13-5-3-7-17-14(13)10-12-21(17)25(23,24)18-8-4-6-16-15(18)9-11-20-19(16)22/h2-9,11H,1,10,12H2,(H,20,22). The van der Waals surface area contributed by atoms with Crippen LogP contribution in [0.2, 0.25) is 0 Å². The molecule has 1 aliphatic rings. The molecule has 0 bridgehead atoms. The highest BCUT2D eigenvalue weighted by Gasteiger charge is 2.32. The second kappa shape index (κ2) is 5.60. The van der Waals surface area contributed by atoms with Crippen molar-refractivity contribution >= 4 is 32.6 Å². The van der Waals surface area contributed by atoms with Gasteiger partial charge in [0.05, 0.1) is 10.6 Å². The molecule has 2 heterocycles. The van der Waals surface area contributed by atoms with Gasteiger partial charge >= 0.3 is 0 Å². The smallest absolute Gasteiger partial charge is 0.264 e. The second-order valence-corrected chi connectivity index (χ2v) is 7.73. The van der Waals surface area contributed by atoms with Gasteiger partial charge in [-0.1, -0.05) is 30.9 Å². The summed E-state index contributed by atoms with van der Waals surface area (Å²) in [6.07, 6.45) is 3.85. The summed E-state index contributed by atoms with van der Waals surface area (Å²) in [5.74, 6) is 0. The predicted octanol–water partition coefficient (Wildman–Crippen LogP) is 2.92. The van der Waals surface area contributed by atoms with E-state index in [-0.39, 0.29) is 10.5 Å². The highest BCUT2D eigenvalue weighted by atomic mass is 32.2. The van der Waals surface area contributed by atoms with Gasteiger partial charge in [0.2, 0.25) is 0 Å². The van der Waals surface area contributed by atoms with Gasteiger partial charge in [-0.3, -0.25) is 9.10 Å². The minimum absolute atomic E-state index is 0.146. The fourth-order valence-electron chi connectivity index (χ4n) is 3.41. The number of hydrogen-bond donors (Lipinski definition) is 1. The Labute approximate surface area is 145 Å². The Morgan fingerprint density at radius 1 is 1.08 bits per heavy atom. The number of hydrogen-bond acceptors (Lipinski definition) is 3. The molecule has 0 saturated carbocycles. The number of fused-ring (bicyclic) bond motifs is 2. The minimum Gasteiger partial charge on any atom is -0.329 e. The number of nitrogens with zero attached hydrogens (tertiary/aromatic N) is 1. The van der Waals surface area contributed by atoms with E-state index in [1.165, 1.54) is 10.5 Å². The predicted molar refractivity (Wildman–Crippen MR) is 99.3 cm³/mol. The highest BCUT2D eigenvalue weighted by molar-refractivity contribution is 7.93. The number of rotatable bonds is 3. The Morgan fingerprint density at radius 2 is 1.88 bits per heavy atom. The molecule has 0 fully saturated rings. The van der Waals surface area contributed by atoms with Crippen LogP contribution >= 0.6 is 0 Å². The van der Waals surface area contributed by atoms with Gasteiger partial charge in [-0.05, 0) is 41.8 Å². The maximum atomic E-state index is 13.3. The zero-order valence-electron chi connectivity index (χ0n) is 13.4. The van der Waals surface area contributed by atoms with Gasteiger partial charge in [0.1, 0.15) is 0 Å². The molecule has 2 aromatic carbocycles. The molecule has 0 unspecified atom stereocenters. The molecular formula is C19H16N2O3S. The molecule has 0 amide bonds. The normalized spacial score (nSPS) is 13.8. The lowest BCUT2D eigenvalue weighted by Crippen LogP contribution is -2.29. The van der Waals surface area contributed by atoms with Gasteiger partial charge in [0, 0.05) is 23.5 Å². The number of pyridine rings is 1. The first-order valence-electron chi connectivity index (χ1n) is 7.91. The van der Waals surface area contributed by atoms with Gasteiger partial charge in [0.25, 0.3) is 15.6 Å². The molecule has 0 aliphatic carbocycles. The van der Waals surface area contributed by atoms with E-state index in [0.29, 0.717) is 29.4 Å². The number of nitrogens with one attached hydrogen (secondary N) is 1. The number of aromatic amines is 1. The van der Waals surface area contributed by atoms with E-state index in [0.717, 1.165) is 11.1 Å². The maximum absolute atomic E-state index is 13.3. The summed E-state index contributed by atoms with van der Waals surface area (Å²) in [4.78, 5) is 14.7. The number of anilines is 1. The Balaban J connectivity index is 1.93. The average Bonchev–Trinajstić information content (AvgIpc) is 3.06. The van der Waals surface area contributed by atoms with Crippen LogP contribution in [0.5, 0.6) is 0 Å². The minimum atomic E-state index is -3.77. The van der Waals surface area contributed by atoms with E-state index < -0.39 is 10.0 Å². The fourth-order valence-corrected chi connectivity index (χ4v) is 5.11. The molecule has 1 aliphatic heterocycles. The van der Waals surface area contributed by atoms with E-state index in [9.17, 15) is 13.2 Å². The number of H-pyrrole nitrogens is 1. The third-order valence-electron chi connectivity index (χ3n) is 4.58. The molecule has 0 saturated heterocycles. The Kier molecular flexibility index (Phi) is 3.51. The summed E-state index contributed by atoms with van der Waals surface area (Å²) in [6.45, 7) is 4.18. The van der Waals surface area contributed by atoms with Crippen molar-refractivity contribution in [1.29, 1.82) is 0 Å². The molecule has 0 radical (unpaired) electrons. The molecule has 0 spiro atoms. The quantitative estimate of drug-likeness (QED) is 0.788. The van der Waals surface area contributed by atoms with Gasteiger partial charge in [-0.25, -0.2) is 8.42 Å². The van der Waals surface area contributed by atoms with Crippen molar-refractivity contribution in [2.24, 2.45) is 0 Å². The third kappa shape index (κ3) is 2.29. The molecule has 5 nitrogen and oxygen atoms in total. The zero-order chi connectivity index (χ0) is 17.6. The summed E-state index contributed by atoms with van der Waals surface area (Å²) in [5, 5.41) is 0.794.